The highest BCUT2D eigenvalue weighted by Gasteiger charge is 2.23. The lowest BCUT2D eigenvalue weighted by atomic mass is 10.2. The smallest absolute Gasteiger partial charge is 0.242 e. The number of sulfonamides is 2. The van der Waals surface area contributed by atoms with Gasteiger partial charge >= 0.3 is 0 Å². The van der Waals surface area contributed by atoms with Crippen molar-refractivity contribution >= 4 is 31.6 Å². The molecule has 3 aromatic carbocycles. The number of anilines is 1. The molecule has 0 aliphatic heterocycles. The number of hydrogen-bond acceptors (Lipinski definition) is 6. The Balaban J connectivity index is 1.58. The maximum atomic E-state index is 13.0. The van der Waals surface area contributed by atoms with Crippen molar-refractivity contribution in [2.45, 2.75) is 18.0 Å². The molecule has 3 aromatic rings. The van der Waals surface area contributed by atoms with E-state index in [0.717, 1.165) is 26.0 Å². The second-order valence-electron chi connectivity index (χ2n) is 8.39. The van der Waals surface area contributed by atoms with E-state index in [0.29, 0.717) is 5.75 Å². The van der Waals surface area contributed by atoms with Crippen molar-refractivity contribution < 1.29 is 30.8 Å². The lowest BCUT2D eigenvalue weighted by Gasteiger charge is -2.22. The fourth-order valence-electron chi connectivity index (χ4n) is 3.23. The number of nitrogens with zero attached hydrogens (tertiary/aromatic N) is 2. The third-order valence-electron chi connectivity index (χ3n) is 5.32. The monoisotopic (exact) mass is 549 g/mol. The topological polar surface area (TPSA) is 113 Å². The number of nitrogens with one attached hydrogen (secondary N) is 1. The SMILES string of the molecule is CN(C)S(=O)(=O)c1ccc(N(CC(=O)NCc2ccc(OCc3ccc(F)cc3)cc2)S(C)(=O)=O)cc1. The largest absolute Gasteiger partial charge is 0.489 e. The van der Waals surface area contributed by atoms with Crippen LogP contribution in [0.4, 0.5) is 10.1 Å². The van der Waals surface area contributed by atoms with Crippen LogP contribution in [0.5, 0.6) is 5.75 Å². The fourth-order valence-corrected chi connectivity index (χ4v) is 4.99. The maximum Gasteiger partial charge on any atom is 0.242 e. The van der Waals surface area contributed by atoms with Crippen LogP contribution in [0.15, 0.2) is 77.7 Å². The summed E-state index contributed by atoms with van der Waals surface area (Å²) in [6.45, 7) is -0.0358. The van der Waals surface area contributed by atoms with E-state index in [1.165, 1.54) is 50.5 Å². The molecule has 0 radical (unpaired) electrons. The minimum Gasteiger partial charge on any atom is -0.489 e. The summed E-state index contributed by atoms with van der Waals surface area (Å²) >= 11 is 0. The first kappa shape index (κ1) is 28.1. The van der Waals surface area contributed by atoms with Crippen LogP contribution >= 0.6 is 0 Å². The molecule has 3 rings (SSSR count). The molecule has 0 atom stereocenters. The fraction of sp³-hybridized carbons (Fsp3) is 0.240. The van der Waals surface area contributed by atoms with Crippen LogP contribution in [0.1, 0.15) is 11.1 Å². The van der Waals surface area contributed by atoms with E-state index in [-0.39, 0.29) is 29.6 Å². The first-order chi connectivity index (χ1) is 17.4. The molecule has 0 spiro atoms. The Hall–Kier alpha value is -3.48. The summed E-state index contributed by atoms with van der Waals surface area (Å²) in [5.74, 6) is -0.252. The molecule has 0 unspecified atom stereocenters. The molecule has 12 heteroatoms. The molecule has 0 saturated heterocycles. The predicted octanol–water partition coefficient (Wildman–Crippen LogP) is 2.74. The summed E-state index contributed by atoms with van der Waals surface area (Å²) in [5, 5.41) is 2.68. The molecular formula is C25H28FN3O6S2. The van der Waals surface area contributed by atoms with Gasteiger partial charge in [0.2, 0.25) is 26.0 Å². The van der Waals surface area contributed by atoms with Gasteiger partial charge in [0.25, 0.3) is 0 Å². The van der Waals surface area contributed by atoms with Gasteiger partial charge in [-0.3, -0.25) is 9.10 Å². The van der Waals surface area contributed by atoms with Gasteiger partial charge in [0.1, 0.15) is 24.7 Å². The highest BCUT2D eigenvalue weighted by molar-refractivity contribution is 7.92. The molecule has 0 aliphatic carbocycles. The maximum absolute atomic E-state index is 13.0. The molecule has 9 nitrogen and oxygen atoms in total. The van der Waals surface area contributed by atoms with Crippen LogP contribution in [0.25, 0.3) is 0 Å². The standard InChI is InChI=1S/C25H28FN3O6S2/c1-28(2)37(33,34)24-14-10-22(11-15-24)29(36(3,31)32)17-25(30)27-16-19-6-12-23(13-7-19)35-18-20-4-8-21(26)9-5-20/h4-15H,16-18H2,1-3H3,(H,27,30). The molecule has 1 amide bonds. The predicted molar refractivity (Wildman–Crippen MR) is 139 cm³/mol. The molecule has 0 aromatic heterocycles. The molecule has 0 bridgehead atoms. The van der Waals surface area contributed by atoms with Gasteiger partial charge in [-0.05, 0) is 59.7 Å². The Morgan fingerprint density at radius 3 is 1.97 bits per heavy atom. The van der Waals surface area contributed by atoms with Gasteiger partial charge in [0, 0.05) is 20.6 Å². The zero-order chi connectivity index (χ0) is 27.2. The van der Waals surface area contributed by atoms with Crippen molar-refractivity contribution in [3.05, 3.63) is 89.7 Å². The van der Waals surface area contributed by atoms with Crippen LogP contribution in [0.2, 0.25) is 0 Å². The first-order valence-corrected chi connectivity index (χ1v) is 14.4. The van der Waals surface area contributed by atoms with Crippen LogP contribution in [-0.2, 0) is 38.0 Å². The average Bonchev–Trinajstić information content (AvgIpc) is 2.85. The lowest BCUT2D eigenvalue weighted by Crippen LogP contribution is -2.40. The average molecular weight is 550 g/mol. The van der Waals surface area contributed by atoms with E-state index in [1.54, 1.807) is 36.4 Å². The Morgan fingerprint density at radius 1 is 0.865 bits per heavy atom. The summed E-state index contributed by atoms with van der Waals surface area (Å²) in [7, 11) is -4.71. The number of benzene rings is 3. The highest BCUT2D eigenvalue weighted by atomic mass is 32.2. The molecule has 0 fully saturated rings. The van der Waals surface area contributed by atoms with Crippen molar-refractivity contribution in [3.63, 3.8) is 0 Å². The molecule has 0 heterocycles. The second-order valence-corrected chi connectivity index (χ2v) is 12.4. The number of carbonyl (C=O) groups is 1. The van der Waals surface area contributed by atoms with Crippen molar-refractivity contribution in [2.75, 3.05) is 31.2 Å². The minimum absolute atomic E-state index is 0.00393. The Bertz CT molecular complexity index is 1430. The molecular weight excluding hydrogens is 521 g/mol. The van der Waals surface area contributed by atoms with Gasteiger partial charge in [-0.25, -0.2) is 25.5 Å². The van der Waals surface area contributed by atoms with E-state index >= 15 is 0 Å². The number of hydrogen-bond donors (Lipinski definition) is 1. The summed E-state index contributed by atoms with van der Waals surface area (Å²) in [4.78, 5) is 12.5. The summed E-state index contributed by atoms with van der Waals surface area (Å²) in [5.41, 5.74) is 1.76. The van der Waals surface area contributed by atoms with Gasteiger partial charge in [0.15, 0.2) is 0 Å². The lowest BCUT2D eigenvalue weighted by molar-refractivity contribution is -0.119. The molecule has 1 N–H and O–H groups in total. The van der Waals surface area contributed by atoms with Crippen molar-refractivity contribution in [1.82, 2.24) is 9.62 Å². The molecule has 0 saturated carbocycles. The van der Waals surface area contributed by atoms with Crippen molar-refractivity contribution in [3.8, 4) is 5.75 Å². The van der Waals surface area contributed by atoms with Crippen molar-refractivity contribution in [2.24, 2.45) is 0 Å². The molecule has 37 heavy (non-hydrogen) atoms. The van der Waals surface area contributed by atoms with Crippen LogP contribution < -0.4 is 14.4 Å². The normalized spacial score (nSPS) is 11.8. The van der Waals surface area contributed by atoms with Gasteiger partial charge < -0.3 is 10.1 Å². The van der Waals surface area contributed by atoms with E-state index in [1.807, 2.05) is 0 Å². The van der Waals surface area contributed by atoms with E-state index in [2.05, 4.69) is 5.32 Å². The summed E-state index contributed by atoms with van der Waals surface area (Å²) < 4.78 is 69.8. The number of ether oxygens (including phenoxy) is 1. The van der Waals surface area contributed by atoms with Gasteiger partial charge in [-0.1, -0.05) is 24.3 Å². The van der Waals surface area contributed by atoms with Crippen molar-refractivity contribution in [1.29, 1.82) is 0 Å². The Kier molecular flexibility index (Phi) is 8.89. The Morgan fingerprint density at radius 2 is 1.43 bits per heavy atom. The number of carbonyl (C=O) groups excluding carboxylic acids is 1. The zero-order valence-corrected chi connectivity index (χ0v) is 22.2. The number of rotatable bonds is 11. The van der Waals surface area contributed by atoms with Gasteiger partial charge in [-0.15, -0.1) is 0 Å². The third kappa shape index (κ3) is 7.75. The van der Waals surface area contributed by atoms with Gasteiger partial charge in [0.05, 0.1) is 16.8 Å². The van der Waals surface area contributed by atoms with E-state index in [4.69, 9.17) is 4.74 Å². The van der Waals surface area contributed by atoms with Gasteiger partial charge in [-0.2, -0.15) is 0 Å². The summed E-state index contributed by atoms with van der Waals surface area (Å²) in [6, 6.07) is 18.3. The first-order valence-electron chi connectivity index (χ1n) is 11.1. The van der Waals surface area contributed by atoms with Crippen LogP contribution in [0.3, 0.4) is 0 Å². The quantitative estimate of drug-likeness (QED) is 0.394. The van der Waals surface area contributed by atoms with E-state index < -0.39 is 32.5 Å². The van der Waals surface area contributed by atoms with Crippen LogP contribution in [0, 0.1) is 5.82 Å². The number of amides is 1. The molecule has 0 aliphatic rings. The van der Waals surface area contributed by atoms with Crippen LogP contribution in [-0.4, -0.2) is 53.9 Å². The summed E-state index contributed by atoms with van der Waals surface area (Å²) in [6.07, 6.45) is 0.968. The number of halogens is 1. The molecule has 198 valence electrons. The Labute approximate surface area is 216 Å². The van der Waals surface area contributed by atoms with E-state index in [9.17, 15) is 26.0 Å². The second kappa shape index (κ2) is 11.7. The highest BCUT2D eigenvalue weighted by Crippen LogP contribution is 2.22. The zero-order valence-electron chi connectivity index (χ0n) is 20.6. The minimum atomic E-state index is -3.82. The third-order valence-corrected chi connectivity index (χ3v) is 8.29.